The molecule has 0 aromatic carbocycles. The van der Waals surface area contributed by atoms with Crippen LogP contribution in [0.25, 0.3) is 0 Å². The molecule has 0 aromatic heterocycles. The van der Waals surface area contributed by atoms with Gasteiger partial charge in [0, 0.05) is 24.7 Å². The zero-order valence-electron chi connectivity index (χ0n) is 3.09. The molecule has 0 fully saturated rings. The van der Waals surface area contributed by atoms with Crippen LogP contribution in [0, 0.1) is 0 Å². The third-order valence-electron chi connectivity index (χ3n) is 0. The quantitative estimate of drug-likeness (QED) is 0.294. The Morgan fingerprint density at radius 1 is 1.75 bits per heavy atom. The number of hydrogen-bond donors (Lipinski definition) is 0. The van der Waals surface area contributed by atoms with Gasteiger partial charge in [-0.15, -0.1) is 11.6 Å². The molecule has 1 radical (unpaired) electrons. The molecule has 0 heterocycles. The Hall–Kier alpha value is 0.887. The van der Waals surface area contributed by atoms with E-state index >= 15 is 0 Å². The number of rotatable bonds is 0. The molecule has 21 valence electrons. The molecule has 0 N–H and O–H groups in total. The Balaban J connectivity index is 0. The van der Waals surface area contributed by atoms with Gasteiger partial charge in [-0.1, -0.05) is 6.92 Å². The minimum atomic E-state index is 0. The van der Waals surface area contributed by atoms with E-state index in [1.165, 1.54) is 0 Å². The fourth-order valence-corrected chi connectivity index (χ4v) is 0. The molecule has 0 rings (SSSR count). The van der Waals surface area contributed by atoms with Gasteiger partial charge in [-0.05, 0) is 0 Å². The van der Waals surface area contributed by atoms with Gasteiger partial charge in [0.25, 0.3) is 0 Å². The summed E-state index contributed by atoms with van der Waals surface area (Å²) in [4.78, 5) is 0. The Labute approximate surface area is 43.7 Å². The fraction of sp³-hybridized carbons (Fsp3) is 1.00. The predicted octanol–water partition coefficient (Wildman–Crippen LogP) is 0.864. The van der Waals surface area contributed by atoms with Crippen LogP contribution in [0.15, 0.2) is 0 Å². The van der Waals surface area contributed by atoms with Crippen molar-refractivity contribution in [3.8, 4) is 0 Å². The summed E-state index contributed by atoms with van der Waals surface area (Å²) in [5.74, 6) is 0.722. The molecule has 0 aromatic rings. The summed E-state index contributed by atoms with van der Waals surface area (Å²) in [7, 11) is 0. The van der Waals surface area contributed by atoms with Gasteiger partial charge in [-0.2, -0.15) is 0 Å². The summed E-state index contributed by atoms with van der Waals surface area (Å²) in [5, 5.41) is 0. The number of halogens is 1. The number of alkyl halides is 1. The van der Waals surface area contributed by atoms with Crippen LogP contribution < -0.4 is 0 Å². The first-order chi connectivity index (χ1) is 1.41. The van der Waals surface area contributed by atoms with Crippen molar-refractivity contribution in [1.29, 1.82) is 0 Å². The van der Waals surface area contributed by atoms with Crippen LogP contribution in [-0.4, -0.2) is 24.7 Å². The maximum absolute atomic E-state index is 5.00. The first-order valence-electron chi connectivity index (χ1n) is 0.974. The summed E-state index contributed by atoms with van der Waals surface area (Å²) < 4.78 is 0. The number of hydrogen-bond acceptors (Lipinski definition) is 0. The molecule has 4 heavy (non-hydrogen) atoms. The van der Waals surface area contributed by atoms with Crippen molar-refractivity contribution in [3.05, 3.63) is 0 Å². The summed E-state index contributed by atoms with van der Waals surface area (Å²) in [6, 6.07) is 0. The molecule has 0 aliphatic heterocycles. The third kappa shape index (κ3) is 13.1. The van der Waals surface area contributed by atoms with Crippen molar-refractivity contribution in [2.75, 3.05) is 5.88 Å². The van der Waals surface area contributed by atoms with Gasteiger partial charge in [0.05, 0.1) is 0 Å². The van der Waals surface area contributed by atoms with Gasteiger partial charge in [0.15, 0.2) is 0 Å². The fourth-order valence-electron chi connectivity index (χ4n) is 0. The Bertz CT molecular complexity index is 6.00. The van der Waals surface area contributed by atoms with Crippen molar-refractivity contribution < 1.29 is 0 Å². The minimum absolute atomic E-state index is 0. The smallest absolute Gasteiger partial charge is 0.0195 e. The molecule has 0 spiro atoms. The molecule has 2 heteroatoms. The Kier molecular flexibility index (Phi) is 20.1. The van der Waals surface area contributed by atoms with Crippen molar-refractivity contribution in [1.82, 2.24) is 0 Å². The van der Waals surface area contributed by atoms with E-state index in [0.29, 0.717) is 0 Å². The second-order valence-corrected chi connectivity index (χ2v) is 0.802. The third-order valence-corrected chi connectivity index (χ3v) is 0. The second-order valence-electron chi connectivity index (χ2n) is 0.267. The van der Waals surface area contributed by atoms with E-state index in [1.807, 2.05) is 6.92 Å². The van der Waals surface area contributed by atoms with Crippen molar-refractivity contribution in [3.63, 3.8) is 0 Å². The molecular formula is C2H5ClLi. The van der Waals surface area contributed by atoms with E-state index in [9.17, 15) is 0 Å². The topological polar surface area (TPSA) is 0 Å². The first kappa shape index (κ1) is 8.86. The largest absolute Gasteiger partial charge is 0.127 e. The van der Waals surface area contributed by atoms with E-state index in [4.69, 9.17) is 11.6 Å². The Morgan fingerprint density at radius 2 is 1.75 bits per heavy atom. The van der Waals surface area contributed by atoms with Crippen LogP contribution in [0.3, 0.4) is 0 Å². The summed E-state index contributed by atoms with van der Waals surface area (Å²) >= 11 is 5.00. The van der Waals surface area contributed by atoms with Crippen molar-refractivity contribution in [2.45, 2.75) is 6.92 Å². The van der Waals surface area contributed by atoms with E-state index in [2.05, 4.69) is 0 Å². The van der Waals surface area contributed by atoms with Crippen molar-refractivity contribution in [2.24, 2.45) is 0 Å². The molecule has 0 aliphatic rings. The van der Waals surface area contributed by atoms with Gasteiger partial charge in [0.2, 0.25) is 0 Å². The van der Waals surface area contributed by atoms with Crippen LogP contribution in [0.4, 0.5) is 0 Å². The molecule has 0 aliphatic carbocycles. The standard InChI is InChI=1S/C2H5Cl.Li/c1-2-3;/h2H2,1H3;. The van der Waals surface area contributed by atoms with Gasteiger partial charge >= 0.3 is 0 Å². The molecule has 0 nitrogen and oxygen atoms in total. The maximum atomic E-state index is 5.00. The molecular weight excluding hydrogens is 66.4 g/mol. The van der Waals surface area contributed by atoms with Gasteiger partial charge in [-0.25, -0.2) is 0 Å². The van der Waals surface area contributed by atoms with Crippen molar-refractivity contribution >= 4 is 30.5 Å². The van der Waals surface area contributed by atoms with Gasteiger partial charge in [0.1, 0.15) is 0 Å². The minimum Gasteiger partial charge on any atom is -0.127 e. The van der Waals surface area contributed by atoms with E-state index < -0.39 is 0 Å². The zero-order valence-corrected chi connectivity index (χ0v) is 3.84. The molecule has 0 saturated heterocycles. The first-order valence-corrected chi connectivity index (χ1v) is 1.51. The molecule has 0 bridgehead atoms. The van der Waals surface area contributed by atoms with E-state index in [1.54, 1.807) is 0 Å². The molecule has 0 atom stereocenters. The average molecular weight is 71.5 g/mol. The summed E-state index contributed by atoms with van der Waals surface area (Å²) in [6.07, 6.45) is 0. The second kappa shape index (κ2) is 9.10. The molecule has 0 unspecified atom stereocenters. The van der Waals surface area contributed by atoms with Gasteiger partial charge in [-0.3, -0.25) is 0 Å². The van der Waals surface area contributed by atoms with Crippen LogP contribution in [0.2, 0.25) is 0 Å². The van der Waals surface area contributed by atoms with Gasteiger partial charge < -0.3 is 0 Å². The van der Waals surface area contributed by atoms with Crippen LogP contribution >= 0.6 is 11.6 Å². The van der Waals surface area contributed by atoms with Crippen LogP contribution in [-0.2, 0) is 0 Å². The maximum Gasteiger partial charge on any atom is 0.0195 e. The summed E-state index contributed by atoms with van der Waals surface area (Å²) in [5.41, 5.74) is 0. The van der Waals surface area contributed by atoms with E-state index in [0.717, 1.165) is 5.88 Å². The van der Waals surface area contributed by atoms with E-state index in [-0.39, 0.29) is 18.9 Å². The molecule has 0 amide bonds. The zero-order chi connectivity index (χ0) is 2.71. The predicted molar refractivity (Wildman–Crippen MR) is 22.1 cm³/mol. The SMILES string of the molecule is CCCl.[Li]. The molecule has 0 saturated carbocycles. The summed E-state index contributed by atoms with van der Waals surface area (Å²) in [6.45, 7) is 1.89. The monoisotopic (exact) mass is 71.0 g/mol. The Morgan fingerprint density at radius 3 is 1.75 bits per heavy atom. The average Bonchev–Trinajstić information content (AvgIpc) is 0.918. The normalized spacial score (nSPS) is 4.50. The van der Waals surface area contributed by atoms with Crippen LogP contribution in [0.1, 0.15) is 6.92 Å². The van der Waals surface area contributed by atoms with Crippen LogP contribution in [0.5, 0.6) is 0 Å².